The minimum absolute atomic E-state index is 0.144. The quantitative estimate of drug-likeness (QED) is 0.387. The van der Waals surface area contributed by atoms with E-state index in [1.54, 1.807) is 12.1 Å². The van der Waals surface area contributed by atoms with Crippen molar-refractivity contribution in [1.29, 1.82) is 0 Å². The van der Waals surface area contributed by atoms with E-state index in [4.69, 9.17) is 26.8 Å². The molecule has 0 bridgehead atoms. The number of carbonyl (C=O) groups excluding carboxylic acids is 1. The molecule has 1 heterocycles. The van der Waals surface area contributed by atoms with Crippen molar-refractivity contribution in [2.75, 3.05) is 26.9 Å². The first-order valence-corrected chi connectivity index (χ1v) is 9.45. The molecular weight excluding hydrogens is 380 g/mol. The molecule has 2 N–H and O–H groups in total. The van der Waals surface area contributed by atoms with E-state index < -0.39 is 18.0 Å². The Bertz CT molecular complexity index is 773. The summed E-state index contributed by atoms with van der Waals surface area (Å²) in [6.45, 7) is 7.10. The van der Waals surface area contributed by atoms with Gasteiger partial charge in [0.05, 0.1) is 23.8 Å². The highest BCUT2D eigenvalue weighted by Gasteiger charge is 2.35. The first-order chi connectivity index (χ1) is 13.3. The number of nitrogens with zero attached hydrogens (tertiary/aromatic N) is 1. The van der Waals surface area contributed by atoms with Gasteiger partial charge in [0.1, 0.15) is 6.61 Å². The zero-order valence-corrected chi connectivity index (χ0v) is 17.3. The first kappa shape index (κ1) is 21.8. The van der Waals surface area contributed by atoms with E-state index in [0.717, 1.165) is 11.3 Å². The highest BCUT2D eigenvalue weighted by molar-refractivity contribution is 7.80. The Labute approximate surface area is 170 Å². The maximum atomic E-state index is 12.8. The second-order valence-electron chi connectivity index (χ2n) is 6.94. The molecule has 0 aliphatic carbocycles. The van der Waals surface area contributed by atoms with Crippen molar-refractivity contribution in [2.24, 2.45) is 5.92 Å². The Balaban J connectivity index is 2.43. The number of hydrogen-bond acceptors (Lipinski definition) is 5. The Hall–Kier alpha value is -2.45. The zero-order chi connectivity index (χ0) is 20.8. The molecule has 0 radical (unpaired) electrons. The summed E-state index contributed by atoms with van der Waals surface area (Å²) < 4.78 is 10.3. The van der Waals surface area contributed by atoms with E-state index in [1.807, 2.05) is 11.8 Å². The van der Waals surface area contributed by atoms with Crippen molar-refractivity contribution >= 4 is 29.3 Å². The smallest absolute Gasteiger partial charge is 0.338 e. The third-order valence-corrected chi connectivity index (χ3v) is 4.71. The number of carbonyl (C=O) groups is 2. The normalized spacial score (nSPS) is 17.0. The second-order valence-corrected chi connectivity index (χ2v) is 7.33. The number of thiocarbonyl (C=S) groups is 1. The van der Waals surface area contributed by atoms with Crippen LogP contribution >= 0.6 is 12.2 Å². The molecule has 1 atom stereocenters. The topological polar surface area (TPSA) is 88.1 Å². The van der Waals surface area contributed by atoms with Gasteiger partial charge in [-0.25, -0.2) is 9.59 Å². The average Bonchev–Trinajstić information content (AvgIpc) is 2.64. The molecule has 0 fully saturated rings. The molecule has 1 unspecified atom stereocenters. The molecular formula is C20H26N2O5S. The van der Waals surface area contributed by atoms with Gasteiger partial charge in [0.15, 0.2) is 5.11 Å². The van der Waals surface area contributed by atoms with Crippen molar-refractivity contribution in [3.8, 4) is 0 Å². The molecule has 2 rings (SSSR count). The third-order valence-electron chi connectivity index (χ3n) is 4.38. The molecule has 1 aromatic rings. The van der Waals surface area contributed by atoms with Gasteiger partial charge >= 0.3 is 11.9 Å². The van der Waals surface area contributed by atoms with Crippen LogP contribution in [-0.2, 0) is 14.3 Å². The number of hydrogen-bond donors (Lipinski definition) is 2. The lowest BCUT2D eigenvalue weighted by molar-refractivity contribution is -0.140. The molecule has 152 valence electrons. The van der Waals surface area contributed by atoms with Gasteiger partial charge in [-0.1, -0.05) is 26.0 Å². The van der Waals surface area contributed by atoms with Crippen molar-refractivity contribution < 1.29 is 24.2 Å². The Morgan fingerprint density at radius 3 is 2.43 bits per heavy atom. The fourth-order valence-corrected chi connectivity index (χ4v) is 3.32. The predicted octanol–water partition coefficient (Wildman–Crippen LogP) is 2.74. The first-order valence-electron chi connectivity index (χ1n) is 9.04. The predicted molar refractivity (Wildman–Crippen MR) is 109 cm³/mol. The van der Waals surface area contributed by atoms with Gasteiger partial charge in [0.25, 0.3) is 0 Å². The molecule has 1 aliphatic heterocycles. The molecule has 0 saturated heterocycles. The summed E-state index contributed by atoms with van der Waals surface area (Å²) in [5.41, 5.74) is 2.09. The molecule has 7 nitrogen and oxygen atoms in total. The summed E-state index contributed by atoms with van der Waals surface area (Å²) in [6.07, 6.45) is 0. The van der Waals surface area contributed by atoms with Gasteiger partial charge < -0.3 is 24.8 Å². The van der Waals surface area contributed by atoms with Crippen molar-refractivity contribution in [3.05, 3.63) is 46.7 Å². The number of esters is 1. The highest BCUT2D eigenvalue weighted by Crippen LogP contribution is 2.32. The fraction of sp³-hybridized carbons (Fsp3) is 0.450. The van der Waals surface area contributed by atoms with Gasteiger partial charge in [-0.3, -0.25) is 0 Å². The summed E-state index contributed by atoms with van der Waals surface area (Å²) in [7, 11) is 1.54. The van der Waals surface area contributed by atoms with Crippen molar-refractivity contribution in [2.45, 2.75) is 26.8 Å². The number of allylic oxidation sites excluding steroid dienone is 1. The summed E-state index contributed by atoms with van der Waals surface area (Å²) in [4.78, 5) is 25.9. The van der Waals surface area contributed by atoms with Crippen LogP contribution in [0.25, 0.3) is 0 Å². The van der Waals surface area contributed by atoms with E-state index in [9.17, 15) is 9.59 Å². The number of nitrogens with one attached hydrogen (secondary N) is 1. The molecule has 0 saturated carbocycles. The highest BCUT2D eigenvalue weighted by atomic mass is 32.1. The van der Waals surface area contributed by atoms with Crippen LogP contribution in [0.2, 0.25) is 0 Å². The molecule has 0 aromatic heterocycles. The van der Waals surface area contributed by atoms with Crippen molar-refractivity contribution in [3.63, 3.8) is 0 Å². The monoisotopic (exact) mass is 406 g/mol. The lowest BCUT2D eigenvalue weighted by Gasteiger charge is -2.38. The van der Waals surface area contributed by atoms with E-state index in [-0.39, 0.29) is 12.2 Å². The largest absolute Gasteiger partial charge is 0.478 e. The van der Waals surface area contributed by atoms with E-state index in [2.05, 4.69) is 19.2 Å². The third kappa shape index (κ3) is 5.08. The van der Waals surface area contributed by atoms with Crippen LogP contribution in [-0.4, -0.2) is 53.9 Å². The van der Waals surface area contributed by atoms with Crippen LogP contribution in [0, 0.1) is 5.92 Å². The van der Waals surface area contributed by atoms with Gasteiger partial charge in [0.2, 0.25) is 0 Å². The molecule has 8 heteroatoms. The zero-order valence-electron chi connectivity index (χ0n) is 16.5. The maximum Gasteiger partial charge on any atom is 0.338 e. The fourth-order valence-electron chi connectivity index (χ4n) is 2.99. The van der Waals surface area contributed by atoms with Crippen LogP contribution in [0.1, 0.15) is 42.7 Å². The van der Waals surface area contributed by atoms with Gasteiger partial charge in [-0.15, -0.1) is 0 Å². The van der Waals surface area contributed by atoms with E-state index >= 15 is 0 Å². The summed E-state index contributed by atoms with van der Waals surface area (Å²) in [6, 6.07) is 5.85. The second kappa shape index (κ2) is 9.66. The Morgan fingerprint density at radius 1 is 1.25 bits per heavy atom. The minimum atomic E-state index is -1.01. The van der Waals surface area contributed by atoms with Crippen molar-refractivity contribution in [1.82, 2.24) is 10.2 Å². The van der Waals surface area contributed by atoms with Crippen LogP contribution in [0.15, 0.2) is 35.5 Å². The number of rotatable bonds is 8. The van der Waals surface area contributed by atoms with Gasteiger partial charge in [-0.2, -0.15) is 0 Å². The summed E-state index contributed by atoms with van der Waals surface area (Å²) >= 11 is 5.53. The average molecular weight is 407 g/mol. The SMILES string of the molecule is COCCOC(=O)C1=C(C)N(CC(C)C)C(=S)NC1c1ccc(C(=O)O)cc1. The van der Waals surface area contributed by atoms with Gasteiger partial charge in [-0.05, 0) is 42.8 Å². The Kier molecular flexibility index (Phi) is 7.53. The number of methoxy groups -OCH3 is 1. The van der Waals surface area contributed by atoms with Crippen LogP contribution in [0.4, 0.5) is 0 Å². The molecule has 0 amide bonds. The lowest BCUT2D eigenvalue weighted by Crippen LogP contribution is -2.49. The maximum absolute atomic E-state index is 12.8. The number of carboxylic acids is 1. The number of benzene rings is 1. The van der Waals surface area contributed by atoms with Crippen LogP contribution in [0.5, 0.6) is 0 Å². The molecule has 1 aromatic carbocycles. The van der Waals surface area contributed by atoms with Gasteiger partial charge in [0, 0.05) is 19.4 Å². The lowest BCUT2D eigenvalue weighted by atomic mass is 9.94. The summed E-state index contributed by atoms with van der Waals surface area (Å²) in [5.74, 6) is -1.12. The number of aromatic carboxylic acids is 1. The van der Waals surface area contributed by atoms with E-state index in [0.29, 0.717) is 29.8 Å². The van der Waals surface area contributed by atoms with Crippen LogP contribution < -0.4 is 5.32 Å². The van der Waals surface area contributed by atoms with E-state index in [1.165, 1.54) is 19.2 Å². The molecule has 28 heavy (non-hydrogen) atoms. The minimum Gasteiger partial charge on any atom is -0.478 e. The molecule has 1 aliphatic rings. The number of carboxylic acid groups (broad SMARTS) is 1. The number of ether oxygens (including phenoxy) is 2. The standard InChI is InChI=1S/C20H26N2O5S/c1-12(2)11-22-13(3)16(19(25)27-10-9-26-4)17(21-20(22)28)14-5-7-15(8-6-14)18(23)24/h5-8,12,17H,9-11H2,1-4H3,(H,21,28)(H,23,24). The Morgan fingerprint density at radius 2 is 1.89 bits per heavy atom. The van der Waals surface area contributed by atoms with Crippen LogP contribution in [0.3, 0.4) is 0 Å². The molecule has 0 spiro atoms. The summed E-state index contributed by atoms with van der Waals surface area (Å²) in [5, 5.41) is 12.8.